The molecule has 1 fully saturated rings. The number of ether oxygens (including phenoxy) is 1. The van der Waals surface area contributed by atoms with E-state index in [1.807, 2.05) is 60.4 Å². The number of aryl methyl sites for hydroxylation is 1. The summed E-state index contributed by atoms with van der Waals surface area (Å²) in [5.41, 5.74) is 1.88. The van der Waals surface area contributed by atoms with Gasteiger partial charge in [-0.3, -0.25) is 14.6 Å². The molecule has 0 radical (unpaired) electrons. The molecule has 0 saturated carbocycles. The summed E-state index contributed by atoms with van der Waals surface area (Å²) >= 11 is 0. The highest BCUT2D eigenvalue weighted by Crippen LogP contribution is 2.31. The number of carbonyl (C=O) groups is 2. The van der Waals surface area contributed by atoms with Crippen molar-refractivity contribution in [1.29, 1.82) is 0 Å². The molecule has 2 aliphatic heterocycles. The normalized spacial score (nSPS) is 18.3. The van der Waals surface area contributed by atoms with E-state index >= 15 is 0 Å². The van der Waals surface area contributed by atoms with E-state index in [0.29, 0.717) is 31.4 Å². The van der Waals surface area contributed by atoms with Crippen LogP contribution in [-0.2, 0) is 4.79 Å². The van der Waals surface area contributed by atoms with Crippen molar-refractivity contribution in [2.45, 2.75) is 33.2 Å². The Labute approximate surface area is 163 Å². The molecular formula is C20H24N5O3+. The van der Waals surface area contributed by atoms with Gasteiger partial charge in [-0.05, 0) is 44.5 Å². The molecule has 1 unspecified atom stereocenters. The van der Waals surface area contributed by atoms with Crippen LogP contribution < -0.4 is 9.30 Å². The molecule has 3 heterocycles. The van der Waals surface area contributed by atoms with Crippen molar-refractivity contribution < 1.29 is 18.9 Å². The summed E-state index contributed by atoms with van der Waals surface area (Å²) in [6, 6.07) is 6.81. The zero-order valence-corrected chi connectivity index (χ0v) is 16.5. The summed E-state index contributed by atoms with van der Waals surface area (Å²) in [6.45, 7) is 6.88. The van der Waals surface area contributed by atoms with Crippen LogP contribution in [0.5, 0.6) is 5.75 Å². The monoisotopic (exact) mass is 382 g/mol. The predicted molar refractivity (Wildman–Crippen MR) is 103 cm³/mol. The van der Waals surface area contributed by atoms with Crippen molar-refractivity contribution >= 4 is 23.7 Å². The first-order valence-corrected chi connectivity index (χ1v) is 9.52. The Kier molecular flexibility index (Phi) is 4.41. The Bertz CT molecular complexity index is 976. The second kappa shape index (κ2) is 6.78. The van der Waals surface area contributed by atoms with Gasteiger partial charge in [0.1, 0.15) is 23.3 Å². The average molecular weight is 382 g/mol. The van der Waals surface area contributed by atoms with E-state index in [9.17, 15) is 9.59 Å². The Balaban J connectivity index is 1.78. The van der Waals surface area contributed by atoms with Gasteiger partial charge in [0.15, 0.2) is 0 Å². The number of carbonyl (C=O) groups excluding carboxylic acids is 2. The lowest BCUT2D eigenvalue weighted by Crippen LogP contribution is -2.62. The maximum atomic E-state index is 13.0. The number of hydrogen-bond donors (Lipinski definition) is 0. The zero-order valence-electron chi connectivity index (χ0n) is 16.5. The highest BCUT2D eigenvalue weighted by molar-refractivity contribution is 6.19. The van der Waals surface area contributed by atoms with E-state index in [1.54, 1.807) is 7.05 Å². The first-order valence-electron chi connectivity index (χ1n) is 9.52. The lowest BCUT2D eigenvalue weighted by Gasteiger charge is -2.32. The van der Waals surface area contributed by atoms with Crippen LogP contribution in [0.15, 0.2) is 35.5 Å². The fourth-order valence-corrected chi connectivity index (χ4v) is 3.79. The van der Waals surface area contributed by atoms with Gasteiger partial charge in [-0.2, -0.15) is 4.57 Å². The quantitative estimate of drug-likeness (QED) is 0.746. The van der Waals surface area contributed by atoms with E-state index in [0.717, 1.165) is 17.1 Å². The van der Waals surface area contributed by atoms with E-state index in [2.05, 4.69) is 4.99 Å². The maximum absolute atomic E-state index is 13.0. The van der Waals surface area contributed by atoms with Crippen LogP contribution >= 0.6 is 0 Å². The van der Waals surface area contributed by atoms with E-state index in [-0.39, 0.29) is 11.9 Å². The van der Waals surface area contributed by atoms with Crippen LogP contribution in [0.1, 0.15) is 32.0 Å². The number of imide groups is 1. The Morgan fingerprint density at radius 3 is 2.54 bits per heavy atom. The Morgan fingerprint density at radius 1 is 1.18 bits per heavy atom. The molecule has 1 aromatic heterocycles. The van der Waals surface area contributed by atoms with Crippen molar-refractivity contribution in [2.24, 2.45) is 4.99 Å². The van der Waals surface area contributed by atoms with E-state index < -0.39 is 6.04 Å². The van der Waals surface area contributed by atoms with Gasteiger partial charge < -0.3 is 4.74 Å². The second-order valence-corrected chi connectivity index (χ2v) is 6.94. The molecule has 146 valence electrons. The standard InChI is InChI=1S/C20H24N5O3/c1-5-11-23-18(26)16-17(22(4)20(23)27)21-19-24(16)12-13(3)25(19)14-7-9-15(10-8-14)28-6-2/h7-10,12,16H,5-6,11H2,1-4H3/q+1. The number of imidazole rings is 1. The van der Waals surface area contributed by atoms with Gasteiger partial charge in [-0.15, -0.1) is 0 Å². The van der Waals surface area contributed by atoms with Crippen LogP contribution in [0.2, 0.25) is 0 Å². The molecule has 1 aromatic carbocycles. The molecule has 2 aliphatic rings. The number of amides is 3. The largest absolute Gasteiger partial charge is 0.494 e. The predicted octanol–water partition coefficient (Wildman–Crippen LogP) is 2.36. The smallest absolute Gasteiger partial charge is 0.406 e. The van der Waals surface area contributed by atoms with Gasteiger partial charge in [-0.25, -0.2) is 9.36 Å². The molecule has 0 bridgehead atoms. The minimum absolute atomic E-state index is 0.226. The average Bonchev–Trinajstić information content (AvgIpc) is 3.19. The lowest BCUT2D eigenvalue weighted by atomic mass is 10.1. The number of hydrogen-bond acceptors (Lipinski definition) is 4. The number of fused-ring (bicyclic) bond motifs is 3. The highest BCUT2D eigenvalue weighted by Gasteiger charge is 2.53. The molecule has 2 aromatic rings. The number of urea groups is 1. The third kappa shape index (κ3) is 2.59. The number of aliphatic imine (C=N–C) groups is 1. The fourth-order valence-electron chi connectivity index (χ4n) is 3.79. The first kappa shape index (κ1) is 18.2. The molecule has 0 N–H and O–H groups in total. The summed E-state index contributed by atoms with van der Waals surface area (Å²) in [4.78, 5) is 33.1. The second-order valence-electron chi connectivity index (χ2n) is 6.94. The molecule has 8 heteroatoms. The first-order chi connectivity index (χ1) is 13.5. The number of nitrogens with zero attached hydrogens (tertiary/aromatic N) is 5. The fraction of sp³-hybridized carbons (Fsp3) is 0.400. The zero-order chi connectivity index (χ0) is 20.0. The topological polar surface area (TPSA) is 71.0 Å². The van der Waals surface area contributed by atoms with Crippen LogP contribution in [0.25, 0.3) is 5.69 Å². The molecule has 3 amide bonds. The third-order valence-electron chi connectivity index (χ3n) is 5.06. The number of amidine groups is 1. The van der Waals surface area contributed by atoms with Crippen molar-refractivity contribution in [3.63, 3.8) is 0 Å². The summed E-state index contributed by atoms with van der Waals surface area (Å²) in [5, 5.41) is 0. The Morgan fingerprint density at radius 2 is 1.89 bits per heavy atom. The van der Waals surface area contributed by atoms with Crippen LogP contribution in [0.3, 0.4) is 0 Å². The maximum Gasteiger partial charge on any atom is 0.406 e. The molecule has 4 rings (SSSR count). The number of rotatable bonds is 5. The minimum Gasteiger partial charge on any atom is -0.494 e. The van der Waals surface area contributed by atoms with Crippen molar-refractivity contribution in [3.05, 3.63) is 36.2 Å². The third-order valence-corrected chi connectivity index (χ3v) is 5.06. The molecule has 8 nitrogen and oxygen atoms in total. The van der Waals surface area contributed by atoms with Gasteiger partial charge in [0.25, 0.3) is 5.91 Å². The van der Waals surface area contributed by atoms with Crippen molar-refractivity contribution in [2.75, 3.05) is 20.2 Å². The van der Waals surface area contributed by atoms with Gasteiger partial charge in [-0.1, -0.05) is 11.9 Å². The van der Waals surface area contributed by atoms with Crippen LogP contribution in [0.4, 0.5) is 10.7 Å². The molecule has 28 heavy (non-hydrogen) atoms. The highest BCUT2D eigenvalue weighted by atomic mass is 16.5. The molecule has 0 spiro atoms. The number of aromatic nitrogens is 2. The van der Waals surface area contributed by atoms with Crippen LogP contribution in [0, 0.1) is 6.92 Å². The van der Waals surface area contributed by atoms with Crippen LogP contribution in [-0.4, -0.2) is 52.3 Å². The van der Waals surface area contributed by atoms with Gasteiger partial charge >= 0.3 is 12.0 Å². The summed E-state index contributed by atoms with van der Waals surface area (Å²) in [6.07, 6.45) is 2.63. The molecule has 1 atom stereocenters. The van der Waals surface area contributed by atoms with Gasteiger partial charge in [0, 0.05) is 13.6 Å². The molecular weight excluding hydrogens is 358 g/mol. The molecule has 1 saturated heterocycles. The summed E-state index contributed by atoms with van der Waals surface area (Å²) in [7, 11) is 1.67. The lowest BCUT2D eigenvalue weighted by molar-refractivity contribution is -0.676. The Hall–Kier alpha value is -3.16. The number of benzene rings is 1. The minimum atomic E-state index is -0.605. The van der Waals surface area contributed by atoms with Crippen molar-refractivity contribution in [1.82, 2.24) is 14.4 Å². The van der Waals surface area contributed by atoms with Gasteiger partial charge in [0.05, 0.1) is 6.61 Å². The van der Waals surface area contributed by atoms with Gasteiger partial charge in [0.2, 0.25) is 11.9 Å². The van der Waals surface area contributed by atoms with Crippen molar-refractivity contribution in [3.8, 4) is 11.4 Å². The molecule has 0 aliphatic carbocycles. The van der Waals surface area contributed by atoms with E-state index in [4.69, 9.17) is 4.74 Å². The number of likely N-dealkylation sites (N-methyl/N-ethyl adjacent to an activating group) is 1. The SMILES string of the molecule is CCCN1C(=O)C2C(=Nc3n(-c4ccc(OCC)cc4)c(C)c[n+]32)N(C)C1=O. The summed E-state index contributed by atoms with van der Waals surface area (Å²) < 4.78 is 9.36. The summed E-state index contributed by atoms with van der Waals surface area (Å²) in [5.74, 6) is 1.68. The van der Waals surface area contributed by atoms with E-state index in [1.165, 1.54) is 9.80 Å².